The highest BCUT2D eigenvalue weighted by Gasteiger charge is 2.33. The topological polar surface area (TPSA) is 103 Å². The smallest absolute Gasteiger partial charge is 0.348 e. The molecule has 1 rings (SSSR count). The van der Waals surface area contributed by atoms with Crippen LogP contribution in [-0.2, 0) is 24.0 Å². The Morgan fingerprint density at radius 2 is 1.59 bits per heavy atom. The summed E-state index contributed by atoms with van der Waals surface area (Å²) in [5.41, 5.74) is 1.62. The number of amides is 1. The van der Waals surface area contributed by atoms with Crippen molar-refractivity contribution < 1.29 is 33.6 Å². The van der Waals surface area contributed by atoms with Gasteiger partial charge in [0.05, 0.1) is 24.4 Å². The van der Waals surface area contributed by atoms with Crippen LogP contribution < -0.4 is 10.4 Å². The number of esters is 2. The zero-order valence-corrected chi connectivity index (χ0v) is 19.0. The van der Waals surface area contributed by atoms with E-state index < -0.39 is 23.3 Å². The van der Waals surface area contributed by atoms with Gasteiger partial charge < -0.3 is 9.47 Å². The molecule has 0 saturated heterocycles. The Balaban J connectivity index is 3.32. The van der Waals surface area contributed by atoms with Gasteiger partial charge in [-0.15, -0.1) is 11.3 Å². The Morgan fingerprint density at radius 3 is 2.07 bits per heavy atom. The van der Waals surface area contributed by atoms with E-state index in [-0.39, 0.29) is 28.7 Å². The van der Waals surface area contributed by atoms with E-state index in [0.717, 1.165) is 16.3 Å². The van der Waals surface area contributed by atoms with Crippen LogP contribution in [0.3, 0.4) is 0 Å². The number of thiophene rings is 1. The predicted molar refractivity (Wildman–Crippen MR) is 109 cm³/mol. The fourth-order valence-corrected chi connectivity index (χ4v) is 3.28. The highest BCUT2D eigenvalue weighted by atomic mass is 32.1. The summed E-state index contributed by atoms with van der Waals surface area (Å²) in [6, 6.07) is 0. The molecule has 1 heterocycles. The number of rotatable bonds is 10. The summed E-state index contributed by atoms with van der Waals surface area (Å²) in [5, 5.41) is 1.25. The van der Waals surface area contributed by atoms with Crippen LogP contribution in [0, 0.1) is 6.92 Å². The number of hydrazine groups is 1. The van der Waals surface area contributed by atoms with E-state index in [0.29, 0.717) is 12.0 Å². The molecular weight excluding hydrogens is 400 g/mol. The van der Waals surface area contributed by atoms with Crippen molar-refractivity contribution in [3.05, 3.63) is 16.0 Å². The van der Waals surface area contributed by atoms with Gasteiger partial charge >= 0.3 is 11.9 Å². The van der Waals surface area contributed by atoms with Crippen LogP contribution in [0.15, 0.2) is 0 Å². The largest absolute Gasteiger partial charge is 0.462 e. The summed E-state index contributed by atoms with van der Waals surface area (Å²) in [4.78, 5) is 47.6. The Hall–Kier alpha value is -2.01. The molecule has 0 aliphatic carbocycles. The van der Waals surface area contributed by atoms with Gasteiger partial charge in [-0.3, -0.25) is 4.79 Å². The molecule has 0 fully saturated rings. The van der Waals surface area contributed by atoms with Gasteiger partial charge in [0, 0.05) is 0 Å². The number of hydrogen-bond acceptors (Lipinski definition) is 9. The van der Waals surface area contributed by atoms with Crippen LogP contribution in [0.4, 0.5) is 5.00 Å². The van der Waals surface area contributed by atoms with Gasteiger partial charge in [-0.1, -0.05) is 0 Å². The van der Waals surface area contributed by atoms with E-state index in [1.807, 2.05) is 20.8 Å². The number of ether oxygens (including phenoxy) is 2. The van der Waals surface area contributed by atoms with E-state index in [9.17, 15) is 14.4 Å². The fraction of sp³-hybridized carbons (Fsp3) is 0.632. The molecule has 0 spiro atoms. The lowest BCUT2D eigenvalue weighted by molar-refractivity contribution is -0.403. The molecule has 10 heteroatoms. The summed E-state index contributed by atoms with van der Waals surface area (Å²) >= 11 is 0.946. The fourth-order valence-electron chi connectivity index (χ4n) is 2.17. The second kappa shape index (κ2) is 10.1. The predicted octanol–water partition coefficient (Wildman–Crippen LogP) is 3.36. The number of hydrogen-bond donors (Lipinski definition) is 1. The first-order chi connectivity index (χ1) is 13.4. The Bertz CT molecular complexity index is 738. The van der Waals surface area contributed by atoms with E-state index >= 15 is 0 Å². The molecule has 9 nitrogen and oxygen atoms in total. The first-order valence-corrected chi connectivity index (χ1v) is 10.0. The van der Waals surface area contributed by atoms with Crippen LogP contribution in [0.2, 0.25) is 0 Å². The summed E-state index contributed by atoms with van der Waals surface area (Å²) < 4.78 is 10.2. The van der Waals surface area contributed by atoms with Gasteiger partial charge in [-0.05, 0) is 61.0 Å². The average molecular weight is 431 g/mol. The first-order valence-electron chi connectivity index (χ1n) is 9.23. The van der Waals surface area contributed by atoms with Gasteiger partial charge in [0.2, 0.25) is 6.41 Å². The third-order valence-electron chi connectivity index (χ3n) is 3.28. The highest BCUT2D eigenvalue weighted by molar-refractivity contribution is 7.18. The van der Waals surface area contributed by atoms with Gasteiger partial charge in [0.15, 0.2) is 5.72 Å². The van der Waals surface area contributed by atoms with Crippen molar-refractivity contribution in [2.24, 2.45) is 0 Å². The zero-order valence-electron chi connectivity index (χ0n) is 18.2. The van der Waals surface area contributed by atoms with Crippen molar-refractivity contribution >= 4 is 34.7 Å². The summed E-state index contributed by atoms with van der Waals surface area (Å²) in [5.74, 6) is -1.23. The minimum absolute atomic E-state index is 0.104. The molecule has 1 N–H and O–H groups in total. The quantitative estimate of drug-likeness (QED) is 0.198. The van der Waals surface area contributed by atoms with E-state index in [1.54, 1.807) is 34.6 Å². The second-order valence-corrected chi connectivity index (χ2v) is 8.55. The minimum atomic E-state index is -1.14. The van der Waals surface area contributed by atoms with Crippen molar-refractivity contribution in [2.45, 2.75) is 66.7 Å². The summed E-state index contributed by atoms with van der Waals surface area (Å²) in [6.07, 6.45) is 0.477. The lowest BCUT2D eigenvalue weighted by Gasteiger charge is -2.32. The number of carbonyl (C=O) groups is 3. The second-order valence-electron chi connectivity index (χ2n) is 7.55. The monoisotopic (exact) mass is 430 g/mol. The van der Waals surface area contributed by atoms with E-state index in [4.69, 9.17) is 19.2 Å². The zero-order chi connectivity index (χ0) is 22.4. The normalized spacial score (nSPS) is 11.9. The number of anilines is 1. The lowest BCUT2D eigenvalue weighted by atomic mass is 10.1. The average Bonchev–Trinajstić information content (AvgIpc) is 2.95. The Labute approximate surface area is 175 Å². The molecule has 1 amide bonds. The van der Waals surface area contributed by atoms with Crippen molar-refractivity contribution in [1.29, 1.82) is 0 Å². The minimum Gasteiger partial charge on any atom is -0.462 e. The molecule has 0 aromatic carbocycles. The molecule has 0 saturated carbocycles. The van der Waals surface area contributed by atoms with Crippen LogP contribution in [0.25, 0.3) is 0 Å². The summed E-state index contributed by atoms with van der Waals surface area (Å²) in [6.45, 7) is 14.0. The molecule has 0 aliphatic rings. The van der Waals surface area contributed by atoms with Crippen molar-refractivity contribution in [3.63, 3.8) is 0 Å². The van der Waals surface area contributed by atoms with Gasteiger partial charge in [0.1, 0.15) is 9.88 Å². The molecular formula is C19H30N2O7S. The number of nitrogens with zero attached hydrogens (tertiary/aromatic N) is 1. The molecule has 1 aromatic rings. The first kappa shape index (κ1) is 25.0. The third-order valence-corrected chi connectivity index (χ3v) is 4.55. The lowest BCUT2D eigenvalue weighted by Crippen LogP contribution is -2.53. The van der Waals surface area contributed by atoms with E-state index in [1.165, 1.54) is 0 Å². The van der Waals surface area contributed by atoms with E-state index in [2.05, 4.69) is 5.43 Å². The standard InChI is InChI=1S/C19H30N2O7S/c1-9-25-16(23)13-12(3)14(17(24)26-10-2)29-15(13)21(11-22)20-19(7,8)28-27-18(4,5)6/h11,20H,9-10H2,1-8H3. The van der Waals surface area contributed by atoms with Crippen molar-refractivity contribution in [1.82, 2.24) is 5.43 Å². The Morgan fingerprint density at radius 1 is 1.03 bits per heavy atom. The number of carbonyl (C=O) groups excluding carboxylic acids is 3. The molecule has 29 heavy (non-hydrogen) atoms. The molecule has 0 bridgehead atoms. The van der Waals surface area contributed by atoms with Gasteiger partial charge in [0.25, 0.3) is 0 Å². The van der Waals surface area contributed by atoms with Crippen LogP contribution in [-0.4, -0.2) is 42.9 Å². The number of nitrogens with one attached hydrogen (secondary N) is 1. The van der Waals surface area contributed by atoms with Gasteiger partial charge in [-0.25, -0.2) is 24.4 Å². The molecule has 0 unspecified atom stereocenters. The van der Waals surface area contributed by atoms with Crippen LogP contribution in [0.5, 0.6) is 0 Å². The SMILES string of the molecule is CCOC(=O)c1sc(N(C=O)NC(C)(C)OOC(C)(C)C)c(C(=O)OCC)c1C. The molecule has 0 radical (unpaired) electrons. The summed E-state index contributed by atoms with van der Waals surface area (Å²) in [7, 11) is 0. The maximum Gasteiger partial charge on any atom is 0.348 e. The maximum absolute atomic E-state index is 12.5. The van der Waals surface area contributed by atoms with Crippen LogP contribution in [0.1, 0.15) is 74.1 Å². The molecule has 1 aromatic heterocycles. The Kier molecular flexibility index (Phi) is 8.76. The molecule has 0 atom stereocenters. The van der Waals surface area contributed by atoms with Crippen molar-refractivity contribution in [2.75, 3.05) is 18.2 Å². The maximum atomic E-state index is 12.5. The van der Waals surface area contributed by atoms with Crippen molar-refractivity contribution in [3.8, 4) is 0 Å². The molecule has 0 aliphatic heterocycles. The van der Waals surface area contributed by atoms with Crippen LogP contribution >= 0.6 is 11.3 Å². The third kappa shape index (κ3) is 7.07. The molecule has 164 valence electrons. The van der Waals surface area contributed by atoms with Gasteiger partial charge in [-0.2, -0.15) is 5.43 Å². The highest BCUT2D eigenvalue weighted by Crippen LogP contribution is 2.36.